The van der Waals surface area contributed by atoms with Crippen molar-refractivity contribution in [3.8, 4) is 0 Å². The molecule has 1 aliphatic heterocycles. The molecule has 15 heavy (non-hydrogen) atoms. The van der Waals surface area contributed by atoms with Crippen LogP contribution in [0.5, 0.6) is 0 Å². The van der Waals surface area contributed by atoms with Crippen molar-refractivity contribution in [1.82, 2.24) is 5.32 Å². The van der Waals surface area contributed by atoms with Crippen molar-refractivity contribution in [3.05, 3.63) is 0 Å². The van der Waals surface area contributed by atoms with Crippen molar-refractivity contribution in [2.24, 2.45) is 5.92 Å². The predicted octanol–water partition coefficient (Wildman–Crippen LogP) is 2.72. The second kappa shape index (κ2) is 5.86. The normalized spacial score (nSPS) is 36.2. The Kier molecular flexibility index (Phi) is 4.45. The van der Waals surface area contributed by atoms with Crippen molar-refractivity contribution in [2.75, 3.05) is 13.2 Å². The minimum Gasteiger partial charge on any atom is -0.378 e. The molecular formula is C13H25NO. The van der Waals surface area contributed by atoms with Crippen molar-refractivity contribution >= 4 is 0 Å². The average Bonchev–Trinajstić information content (AvgIpc) is 2.85. The minimum atomic E-state index is 0.577. The molecule has 3 unspecified atom stereocenters. The summed E-state index contributed by atoms with van der Waals surface area (Å²) in [5, 5.41) is 3.70. The molecule has 0 aromatic carbocycles. The quantitative estimate of drug-likeness (QED) is 0.706. The van der Waals surface area contributed by atoms with Crippen LogP contribution in [-0.2, 0) is 4.74 Å². The van der Waals surface area contributed by atoms with Gasteiger partial charge >= 0.3 is 0 Å². The molecule has 0 aromatic heterocycles. The molecule has 2 aliphatic rings. The van der Waals surface area contributed by atoms with E-state index in [4.69, 9.17) is 4.74 Å². The molecule has 1 saturated heterocycles. The number of nitrogens with one attached hydrogen (secondary N) is 1. The van der Waals surface area contributed by atoms with Crippen molar-refractivity contribution in [1.29, 1.82) is 0 Å². The molecule has 2 rings (SSSR count). The summed E-state index contributed by atoms with van der Waals surface area (Å²) in [7, 11) is 0. The van der Waals surface area contributed by atoms with Crippen LogP contribution in [0.4, 0.5) is 0 Å². The lowest BCUT2D eigenvalue weighted by molar-refractivity contribution is 0.102. The van der Waals surface area contributed by atoms with Gasteiger partial charge in [0, 0.05) is 12.6 Å². The fourth-order valence-electron chi connectivity index (χ4n) is 2.94. The highest BCUT2D eigenvalue weighted by atomic mass is 16.5. The molecule has 2 heteroatoms. The van der Waals surface area contributed by atoms with E-state index in [2.05, 4.69) is 12.2 Å². The molecule has 2 fully saturated rings. The summed E-state index contributed by atoms with van der Waals surface area (Å²) in [6, 6.07) is 0.800. The Morgan fingerprint density at radius 2 is 2.13 bits per heavy atom. The summed E-state index contributed by atoms with van der Waals surface area (Å²) in [6.45, 7) is 4.57. The first-order chi connectivity index (χ1) is 7.36. The van der Waals surface area contributed by atoms with Crippen LogP contribution in [0.1, 0.15) is 51.9 Å². The second-order valence-electron chi connectivity index (χ2n) is 5.25. The van der Waals surface area contributed by atoms with Crippen LogP contribution in [0.15, 0.2) is 0 Å². The van der Waals surface area contributed by atoms with E-state index in [0.29, 0.717) is 6.10 Å². The van der Waals surface area contributed by atoms with E-state index < -0.39 is 0 Å². The summed E-state index contributed by atoms with van der Waals surface area (Å²) >= 11 is 0. The highest BCUT2D eigenvalue weighted by Crippen LogP contribution is 2.24. The van der Waals surface area contributed by atoms with Crippen LogP contribution in [0.3, 0.4) is 0 Å². The molecule has 0 amide bonds. The third kappa shape index (κ3) is 3.46. The van der Waals surface area contributed by atoms with Crippen LogP contribution >= 0.6 is 0 Å². The van der Waals surface area contributed by atoms with Crippen LogP contribution in [0.2, 0.25) is 0 Å². The van der Waals surface area contributed by atoms with Gasteiger partial charge in [-0.15, -0.1) is 0 Å². The fourth-order valence-corrected chi connectivity index (χ4v) is 2.94. The molecule has 1 N–H and O–H groups in total. The van der Waals surface area contributed by atoms with Gasteiger partial charge in [-0.2, -0.15) is 0 Å². The van der Waals surface area contributed by atoms with Crippen molar-refractivity contribution in [3.63, 3.8) is 0 Å². The zero-order valence-corrected chi connectivity index (χ0v) is 10.0. The molecule has 3 atom stereocenters. The zero-order valence-electron chi connectivity index (χ0n) is 10.0. The average molecular weight is 211 g/mol. The maximum Gasteiger partial charge on any atom is 0.0576 e. The van der Waals surface area contributed by atoms with E-state index in [1.807, 2.05) is 0 Å². The standard InChI is InChI=1S/C13H25NO/c1-11-5-2-8-13(11)14-9-3-6-12-7-4-10-15-12/h11-14H,2-10H2,1H3. The summed E-state index contributed by atoms with van der Waals surface area (Å²) in [6.07, 6.45) is 9.92. The largest absolute Gasteiger partial charge is 0.378 e. The Hall–Kier alpha value is -0.0800. The van der Waals surface area contributed by atoms with Crippen molar-refractivity contribution in [2.45, 2.75) is 64.0 Å². The van der Waals surface area contributed by atoms with E-state index in [1.54, 1.807) is 0 Å². The van der Waals surface area contributed by atoms with Gasteiger partial charge in [-0.25, -0.2) is 0 Å². The van der Waals surface area contributed by atoms with E-state index >= 15 is 0 Å². The Morgan fingerprint density at radius 3 is 2.80 bits per heavy atom. The number of ether oxygens (including phenoxy) is 1. The first-order valence-electron chi connectivity index (χ1n) is 6.71. The SMILES string of the molecule is CC1CCCC1NCCCC1CCCO1. The van der Waals surface area contributed by atoms with Crippen LogP contribution in [-0.4, -0.2) is 25.3 Å². The van der Waals surface area contributed by atoms with Crippen LogP contribution in [0.25, 0.3) is 0 Å². The summed E-state index contributed by atoms with van der Waals surface area (Å²) in [5.41, 5.74) is 0. The smallest absolute Gasteiger partial charge is 0.0576 e. The first kappa shape index (κ1) is 11.4. The van der Waals surface area contributed by atoms with E-state index in [0.717, 1.165) is 18.6 Å². The molecule has 0 radical (unpaired) electrons. The monoisotopic (exact) mass is 211 g/mol. The second-order valence-corrected chi connectivity index (χ2v) is 5.25. The first-order valence-corrected chi connectivity index (χ1v) is 6.71. The molecule has 1 saturated carbocycles. The Bertz CT molecular complexity index is 177. The molecule has 0 aromatic rings. The summed E-state index contributed by atoms with van der Waals surface area (Å²) in [4.78, 5) is 0. The molecule has 0 bridgehead atoms. The van der Waals surface area contributed by atoms with Crippen molar-refractivity contribution < 1.29 is 4.74 Å². The van der Waals surface area contributed by atoms with Gasteiger partial charge in [0.15, 0.2) is 0 Å². The van der Waals surface area contributed by atoms with E-state index in [1.165, 1.54) is 51.5 Å². The highest BCUT2D eigenvalue weighted by molar-refractivity contribution is 4.80. The fraction of sp³-hybridized carbons (Fsp3) is 1.00. The van der Waals surface area contributed by atoms with Gasteiger partial charge in [0.1, 0.15) is 0 Å². The number of hydrogen-bond acceptors (Lipinski definition) is 2. The lowest BCUT2D eigenvalue weighted by atomic mass is 10.1. The van der Waals surface area contributed by atoms with Gasteiger partial charge in [-0.3, -0.25) is 0 Å². The number of hydrogen-bond donors (Lipinski definition) is 1. The molecule has 1 aliphatic carbocycles. The maximum absolute atomic E-state index is 5.62. The van der Waals surface area contributed by atoms with Gasteiger partial charge in [0.25, 0.3) is 0 Å². The topological polar surface area (TPSA) is 21.3 Å². The molecular weight excluding hydrogens is 186 g/mol. The molecule has 1 heterocycles. The van der Waals surface area contributed by atoms with E-state index in [9.17, 15) is 0 Å². The van der Waals surface area contributed by atoms with Gasteiger partial charge in [0.05, 0.1) is 6.10 Å². The van der Waals surface area contributed by atoms with Gasteiger partial charge in [-0.05, 0) is 51.0 Å². The third-order valence-corrected chi connectivity index (χ3v) is 3.99. The number of rotatable bonds is 5. The lowest BCUT2D eigenvalue weighted by Gasteiger charge is -2.17. The molecule has 2 nitrogen and oxygen atoms in total. The Labute approximate surface area is 93.8 Å². The van der Waals surface area contributed by atoms with Crippen LogP contribution < -0.4 is 5.32 Å². The Morgan fingerprint density at radius 1 is 1.20 bits per heavy atom. The zero-order chi connectivity index (χ0) is 10.5. The summed E-state index contributed by atoms with van der Waals surface area (Å²) in [5.74, 6) is 0.896. The van der Waals surface area contributed by atoms with E-state index in [-0.39, 0.29) is 0 Å². The maximum atomic E-state index is 5.62. The van der Waals surface area contributed by atoms with Gasteiger partial charge in [0.2, 0.25) is 0 Å². The van der Waals surface area contributed by atoms with Gasteiger partial charge in [-0.1, -0.05) is 13.3 Å². The van der Waals surface area contributed by atoms with Crippen LogP contribution in [0, 0.1) is 5.92 Å². The van der Waals surface area contributed by atoms with Gasteiger partial charge < -0.3 is 10.1 Å². The lowest BCUT2D eigenvalue weighted by Crippen LogP contribution is -2.32. The minimum absolute atomic E-state index is 0.577. The third-order valence-electron chi connectivity index (χ3n) is 3.99. The predicted molar refractivity (Wildman–Crippen MR) is 63.0 cm³/mol. The highest BCUT2D eigenvalue weighted by Gasteiger charge is 2.22. The Balaban J connectivity index is 1.51. The molecule has 0 spiro atoms. The summed E-state index contributed by atoms with van der Waals surface area (Å²) < 4.78 is 5.62. The molecule has 88 valence electrons.